The molecule has 1 unspecified atom stereocenters. The molecule has 1 aliphatic rings. The molecule has 0 saturated carbocycles. The molecule has 1 aliphatic heterocycles. The Morgan fingerprint density at radius 1 is 1.60 bits per heavy atom. The fourth-order valence-corrected chi connectivity index (χ4v) is 2.38. The second-order valence-electron chi connectivity index (χ2n) is 4.85. The number of hydrogen-bond acceptors (Lipinski definition) is 4. The lowest BCUT2D eigenvalue weighted by atomic mass is 9.89. The zero-order chi connectivity index (χ0) is 15.0. The number of hydrogen-bond donors (Lipinski definition) is 0. The van der Waals surface area contributed by atoms with E-state index < -0.39 is 11.4 Å². The normalized spacial score (nSPS) is 23.8. The van der Waals surface area contributed by atoms with Gasteiger partial charge < -0.3 is 4.74 Å². The van der Waals surface area contributed by atoms with Crippen LogP contribution >= 0.6 is 0 Å². The van der Waals surface area contributed by atoms with Crippen molar-refractivity contribution < 1.29 is 9.53 Å². The molecule has 0 bridgehead atoms. The first-order valence-electron chi connectivity index (χ1n) is 6.87. The molecule has 0 radical (unpaired) electrons. The molecule has 0 amide bonds. The number of likely N-dealkylation sites (tertiary alicyclic amines) is 1. The van der Waals surface area contributed by atoms with Crippen molar-refractivity contribution in [1.82, 2.24) is 4.90 Å². The smallest absolute Gasteiger partial charge is 0.327 e. The van der Waals surface area contributed by atoms with E-state index in [1.165, 1.54) is 0 Å². The van der Waals surface area contributed by atoms with Crippen molar-refractivity contribution in [2.45, 2.75) is 20.3 Å². The predicted molar refractivity (Wildman–Crippen MR) is 78.8 cm³/mol. The molecule has 4 heteroatoms. The standard InChI is InChI=1S/C16H22N2O2/c1-4-7-14(8-5-2)11-18-10-9-16(12-17,13-18)15(19)20-6-3/h4-5,7-8H,1,6,9-11,13H2,2-3H3/b8-5-,14-7+. The highest BCUT2D eigenvalue weighted by Crippen LogP contribution is 2.31. The van der Waals surface area contributed by atoms with Crippen LogP contribution in [0.5, 0.6) is 0 Å². The van der Waals surface area contributed by atoms with Crippen LogP contribution in [0.1, 0.15) is 20.3 Å². The highest BCUT2D eigenvalue weighted by atomic mass is 16.5. The van der Waals surface area contributed by atoms with E-state index in [1.807, 2.05) is 25.2 Å². The van der Waals surface area contributed by atoms with Crippen LogP contribution < -0.4 is 0 Å². The molecular formula is C16H22N2O2. The zero-order valence-electron chi connectivity index (χ0n) is 12.3. The summed E-state index contributed by atoms with van der Waals surface area (Å²) in [6.07, 6.45) is 8.19. The molecule has 0 aromatic heterocycles. The van der Waals surface area contributed by atoms with Crippen LogP contribution in [0.2, 0.25) is 0 Å². The number of rotatable bonds is 6. The van der Waals surface area contributed by atoms with Crippen molar-refractivity contribution in [2.24, 2.45) is 5.41 Å². The Labute approximate surface area is 121 Å². The Kier molecular flexibility index (Phi) is 6.20. The third-order valence-corrected chi connectivity index (χ3v) is 3.35. The van der Waals surface area contributed by atoms with Crippen molar-refractivity contribution in [3.63, 3.8) is 0 Å². The van der Waals surface area contributed by atoms with Crippen LogP contribution in [0.4, 0.5) is 0 Å². The minimum Gasteiger partial charge on any atom is -0.465 e. The number of allylic oxidation sites excluding steroid dienone is 3. The Balaban J connectivity index is 2.75. The Morgan fingerprint density at radius 2 is 2.35 bits per heavy atom. The second-order valence-corrected chi connectivity index (χ2v) is 4.85. The summed E-state index contributed by atoms with van der Waals surface area (Å²) < 4.78 is 5.04. The maximum atomic E-state index is 12.0. The number of nitrogens with zero attached hydrogens (tertiary/aromatic N) is 2. The van der Waals surface area contributed by atoms with Gasteiger partial charge in [-0.2, -0.15) is 5.26 Å². The maximum Gasteiger partial charge on any atom is 0.327 e. The lowest BCUT2D eigenvalue weighted by Gasteiger charge is -2.20. The largest absolute Gasteiger partial charge is 0.465 e. The number of carbonyl (C=O) groups is 1. The van der Waals surface area contributed by atoms with E-state index in [0.29, 0.717) is 26.1 Å². The summed E-state index contributed by atoms with van der Waals surface area (Å²) >= 11 is 0. The molecule has 0 spiro atoms. The molecule has 0 N–H and O–H groups in total. The van der Waals surface area contributed by atoms with E-state index in [4.69, 9.17) is 4.74 Å². The minimum absolute atomic E-state index is 0.308. The van der Waals surface area contributed by atoms with Gasteiger partial charge in [-0.05, 0) is 25.8 Å². The maximum absolute atomic E-state index is 12.0. The predicted octanol–water partition coefficient (Wildman–Crippen LogP) is 2.45. The molecule has 0 aliphatic carbocycles. The first kappa shape index (κ1) is 16.2. The Bertz CT molecular complexity index is 460. The van der Waals surface area contributed by atoms with E-state index >= 15 is 0 Å². The SMILES string of the molecule is C=C/C=C(\C=C/C)CN1CCC(C#N)(C(=O)OCC)C1. The van der Waals surface area contributed by atoms with Crippen LogP contribution in [-0.4, -0.2) is 37.1 Å². The number of carbonyl (C=O) groups excluding carboxylic acids is 1. The molecule has 1 saturated heterocycles. The van der Waals surface area contributed by atoms with Crippen LogP contribution in [-0.2, 0) is 9.53 Å². The highest BCUT2D eigenvalue weighted by Gasteiger charge is 2.46. The minimum atomic E-state index is -1.01. The second kappa shape index (κ2) is 7.66. The first-order chi connectivity index (χ1) is 9.61. The van der Waals surface area contributed by atoms with Crippen molar-refractivity contribution in [3.05, 3.63) is 36.5 Å². The van der Waals surface area contributed by atoms with E-state index in [9.17, 15) is 10.1 Å². The molecule has 1 heterocycles. The van der Waals surface area contributed by atoms with Crippen LogP contribution in [0, 0.1) is 16.7 Å². The van der Waals surface area contributed by atoms with Gasteiger partial charge in [0.1, 0.15) is 0 Å². The summed E-state index contributed by atoms with van der Waals surface area (Å²) in [5.41, 5.74) is 0.102. The van der Waals surface area contributed by atoms with Crippen molar-refractivity contribution in [2.75, 3.05) is 26.2 Å². The van der Waals surface area contributed by atoms with Gasteiger partial charge in [0, 0.05) is 19.6 Å². The van der Waals surface area contributed by atoms with Crippen LogP contribution in [0.25, 0.3) is 0 Å². The average Bonchev–Trinajstić information content (AvgIpc) is 2.84. The number of nitriles is 1. The molecule has 20 heavy (non-hydrogen) atoms. The fourth-order valence-electron chi connectivity index (χ4n) is 2.38. The third kappa shape index (κ3) is 3.82. The molecule has 0 aromatic carbocycles. The topological polar surface area (TPSA) is 53.3 Å². The van der Waals surface area contributed by atoms with Crippen LogP contribution in [0.3, 0.4) is 0 Å². The molecule has 1 fully saturated rings. The quantitative estimate of drug-likeness (QED) is 0.551. The lowest BCUT2D eigenvalue weighted by Crippen LogP contribution is -2.35. The van der Waals surface area contributed by atoms with E-state index in [2.05, 4.69) is 17.5 Å². The number of esters is 1. The van der Waals surface area contributed by atoms with Gasteiger partial charge in [0.25, 0.3) is 0 Å². The van der Waals surface area contributed by atoms with E-state index in [1.54, 1.807) is 13.0 Å². The van der Waals surface area contributed by atoms with Crippen molar-refractivity contribution in [1.29, 1.82) is 5.26 Å². The summed E-state index contributed by atoms with van der Waals surface area (Å²) in [4.78, 5) is 14.1. The molecule has 108 valence electrons. The van der Waals surface area contributed by atoms with Gasteiger partial charge in [-0.15, -0.1) is 0 Å². The van der Waals surface area contributed by atoms with E-state index in [0.717, 1.165) is 12.1 Å². The van der Waals surface area contributed by atoms with Gasteiger partial charge in [-0.3, -0.25) is 9.69 Å². The van der Waals surface area contributed by atoms with Gasteiger partial charge in [0.15, 0.2) is 5.41 Å². The van der Waals surface area contributed by atoms with Crippen molar-refractivity contribution in [3.8, 4) is 6.07 Å². The van der Waals surface area contributed by atoms with Crippen LogP contribution in [0.15, 0.2) is 36.5 Å². The highest BCUT2D eigenvalue weighted by molar-refractivity contribution is 5.80. The molecule has 0 aromatic rings. The Hall–Kier alpha value is -1.86. The number of ether oxygens (including phenoxy) is 1. The van der Waals surface area contributed by atoms with Gasteiger partial charge in [-0.25, -0.2) is 0 Å². The first-order valence-corrected chi connectivity index (χ1v) is 6.87. The fraction of sp³-hybridized carbons (Fsp3) is 0.500. The molecule has 4 nitrogen and oxygen atoms in total. The monoisotopic (exact) mass is 274 g/mol. The van der Waals surface area contributed by atoms with E-state index in [-0.39, 0.29) is 0 Å². The molecule has 1 atom stereocenters. The molecule has 1 rings (SSSR count). The third-order valence-electron chi connectivity index (χ3n) is 3.35. The summed E-state index contributed by atoms with van der Waals surface area (Å²) in [7, 11) is 0. The van der Waals surface area contributed by atoms with Crippen molar-refractivity contribution >= 4 is 5.97 Å². The summed E-state index contributed by atoms with van der Waals surface area (Å²) in [5.74, 6) is -0.398. The average molecular weight is 274 g/mol. The van der Waals surface area contributed by atoms with Gasteiger partial charge >= 0.3 is 5.97 Å². The molecular weight excluding hydrogens is 252 g/mol. The zero-order valence-corrected chi connectivity index (χ0v) is 12.3. The summed E-state index contributed by atoms with van der Waals surface area (Å²) in [6.45, 7) is 9.57. The summed E-state index contributed by atoms with van der Waals surface area (Å²) in [6, 6.07) is 2.16. The van der Waals surface area contributed by atoms with Gasteiger partial charge in [-0.1, -0.05) is 30.9 Å². The van der Waals surface area contributed by atoms with Gasteiger partial charge in [0.05, 0.1) is 12.7 Å². The lowest BCUT2D eigenvalue weighted by molar-refractivity contribution is -0.151. The van der Waals surface area contributed by atoms with Gasteiger partial charge in [0.2, 0.25) is 0 Å². The Morgan fingerprint density at radius 3 is 2.90 bits per heavy atom. The summed E-state index contributed by atoms with van der Waals surface area (Å²) in [5, 5.41) is 9.35.